The molecule has 0 aliphatic rings. The summed E-state index contributed by atoms with van der Waals surface area (Å²) in [6, 6.07) is 6.83. The van der Waals surface area contributed by atoms with Crippen LogP contribution in [0.3, 0.4) is 0 Å². The summed E-state index contributed by atoms with van der Waals surface area (Å²) in [5.41, 5.74) is 7.30. The van der Waals surface area contributed by atoms with E-state index in [1.54, 1.807) is 24.7 Å². The second-order valence-electron chi connectivity index (χ2n) is 5.04. The molecule has 2 N–H and O–H groups in total. The number of hydrogen-bond donors (Lipinski definition) is 1. The largest absolute Gasteiger partial charge is 0.333 e. The number of benzene rings is 1. The Kier molecular flexibility index (Phi) is 3.48. The van der Waals surface area contributed by atoms with Crippen LogP contribution in [0, 0.1) is 5.82 Å². The van der Waals surface area contributed by atoms with Gasteiger partial charge < -0.3 is 10.3 Å². The van der Waals surface area contributed by atoms with Crippen molar-refractivity contribution in [3.63, 3.8) is 0 Å². The second-order valence-corrected chi connectivity index (χ2v) is 5.04. The van der Waals surface area contributed by atoms with Crippen LogP contribution in [0.4, 0.5) is 4.39 Å². The van der Waals surface area contributed by atoms with Gasteiger partial charge in [-0.3, -0.25) is 0 Å². The molecule has 0 saturated carbocycles. The van der Waals surface area contributed by atoms with Crippen molar-refractivity contribution < 1.29 is 4.39 Å². The van der Waals surface area contributed by atoms with Crippen molar-refractivity contribution in [1.82, 2.24) is 9.55 Å². The van der Waals surface area contributed by atoms with Crippen LogP contribution < -0.4 is 5.73 Å². The minimum Gasteiger partial charge on any atom is -0.333 e. The lowest BCUT2D eigenvalue weighted by Crippen LogP contribution is -2.31. The van der Waals surface area contributed by atoms with Gasteiger partial charge in [0, 0.05) is 12.7 Å². The van der Waals surface area contributed by atoms with E-state index in [9.17, 15) is 4.39 Å². The Hall–Kier alpha value is -1.68. The maximum atomic E-state index is 13.5. The fraction of sp³-hybridized carbons (Fsp3) is 0.357. The molecule has 0 spiro atoms. The Morgan fingerprint density at radius 3 is 2.72 bits per heavy atom. The summed E-state index contributed by atoms with van der Waals surface area (Å²) in [6.07, 6.45) is 4.14. The Balaban J connectivity index is 2.12. The fourth-order valence-corrected chi connectivity index (χ4v) is 1.98. The van der Waals surface area contributed by atoms with Gasteiger partial charge in [0.05, 0.1) is 17.6 Å². The third kappa shape index (κ3) is 2.76. The van der Waals surface area contributed by atoms with Crippen LogP contribution in [-0.2, 0) is 18.5 Å². The summed E-state index contributed by atoms with van der Waals surface area (Å²) in [6.45, 7) is 4.55. The van der Waals surface area contributed by atoms with Crippen molar-refractivity contribution in [2.24, 2.45) is 5.73 Å². The highest BCUT2D eigenvalue weighted by Crippen LogP contribution is 2.17. The maximum absolute atomic E-state index is 13.5. The molecule has 0 saturated heterocycles. The van der Waals surface area contributed by atoms with Gasteiger partial charge in [-0.15, -0.1) is 0 Å². The van der Waals surface area contributed by atoms with Crippen LogP contribution >= 0.6 is 0 Å². The number of nitrogens with zero attached hydrogens (tertiary/aromatic N) is 2. The van der Waals surface area contributed by atoms with Crippen LogP contribution in [0.5, 0.6) is 0 Å². The van der Waals surface area contributed by atoms with Crippen molar-refractivity contribution in [2.45, 2.75) is 32.4 Å². The van der Waals surface area contributed by atoms with Gasteiger partial charge >= 0.3 is 0 Å². The summed E-state index contributed by atoms with van der Waals surface area (Å²) in [5.74, 6) is -0.161. The lowest BCUT2D eigenvalue weighted by Gasteiger charge is -2.20. The SMILES string of the molecule is CC(C)(N)c1cncn1CCc1ccccc1F. The standard InChI is InChI=1S/C14H18FN3/c1-14(2,16)13-9-17-10-18(13)8-7-11-5-3-4-6-12(11)15/h3-6,9-10H,7-8,16H2,1-2H3. The molecule has 1 aromatic carbocycles. The number of halogens is 1. The van der Waals surface area contributed by atoms with Gasteiger partial charge in [0.1, 0.15) is 5.82 Å². The highest BCUT2D eigenvalue weighted by Gasteiger charge is 2.18. The van der Waals surface area contributed by atoms with Crippen LogP contribution in [0.2, 0.25) is 0 Å². The molecule has 0 amide bonds. The highest BCUT2D eigenvalue weighted by molar-refractivity contribution is 5.18. The minimum atomic E-state index is -0.439. The molecule has 0 atom stereocenters. The predicted molar refractivity (Wildman–Crippen MR) is 69.5 cm³/mol. The number of rotatable bonds is 4. The molecule has 3 nitrogen and oxygen atoms in total. The Labute approximate surface area is 106 Å². The van der Waals surface area contributed by atoms with Crippen molar-refractivity contribution in [3.05, 3.63) is 53.9 Å². The molecule has 96 valence electrons. The quantitative estimate of drug-likeness (QED) is 0.902. The van der Waals surface area contributed by atoms with Crippen LogP contribution in [0.15, 0.2) is 36.8 Å². The van der Waals surface area contributed by atoms with E-state index in [1.165, 1.54) is 6.07 Å². The molecule has 0 bridgehead atoms. The number of aromatic nitrogens is 2. The van der Waals surface area contributed by atoms with Crippen molar-refractivity contribution in [2.75, 3.05) is 0 Å². The molecule has 1 aromatic heterocycles. The third-order valence-electron chi connectivity index (χ3n) is 2.95. The summed E-state index contributed by atoms with van der Waals surface area (Å²) in [7, 11) is 0. The number of aryl methyl sites for hydroxylation is 2. The Bertz CT molecular complexity index is 526. The zero-order valence-electron chi connectivity index (χ0n) is 10.7. The van der Waals surface area contributed by atoms with E-state index in [-0.39, 0.29) is 5.82 Å². The molecule has 0 radical (unpaired) electrons. The van der Waals surface area contributed by atoms with E-state index in [0.717, 1.165) is 5.69 Å². The first kappa shape index (κ1) is 12.8. The molecule has 0 aliphatic carbocycles. The zero-order chi connectivity index (χ0) is 13.2. The van der Waals surface area contributed by atoms with Crippen molar-refractivity contribution in [1.29, 1.82) is 0 Å². The summed E-state index contributed by atoms with van der Waals surface area (Å²) >= 11 is 0. The van der Waals surface area contributed by atoms with Gasteiger partial charge in [-0.25, -0.2) is 9.37 Å². The van der Waals surface area contributed by atoms with Gasteiger partial charge in [-0.2, -0.15) is 0 Å². The zero-order valence-corrected chi connectivity index (χ0v) is 10.7. The summed E-state index contributed by atoms with van der Waals surface area (Å²) < 4.78 is 15.5. The molecule has 1 heterocycles. The Morgan fingerprint density at radius 1 is 1.33 bits per heavy atom. The smallest absolute Gasteiger partial charge is 0.126 e. The first-order valence-corrected chi connectivity index (χ1v) is 6.01. The van der Waals surface area contributed by atoms with Crippen LogP contribution in [0.25, 0.3) is 0 Å². The molecule has 0 aliphatic heterocycles. The second kappa shape index (κ2) is 4.90. The number of hydrogen-bond acceptors (Lipinski definition) is 2. The predicted octanol–water partition coefficient (Wildman–Crippen LogP) is 2.46. The minimum absolute atomic E-state index is 0.161. The normalized spacial score (nSPS) is 11.8. The number of imidazole rings is 1. The molecular formula is C14H18FN3. The van der Waals surface area contributed by atoms with E-state index in [0.29, 0.717) is 18.5 Å². The van der Waals surface area contributed by atoms with E-state index in [2.05, 4.69) is 4.98 Å². The van der Waals surface area contributed by atoms with Gasteiger partial charge in [0.2, 0.25) is 0 Å². The van der Waals surface area contributed by atoms with E-state index in [1.807, 2.05) is 24.5 Å². The van der Waals surface area contributed by atoms with E-state index in [4.69, 9.17) is 5.73 Å². The van der Waals surface area contributed by atoms with Crippen LogP contribution in [0.1, 0.15) is 25.1 Å². The van der Waals surface area contributed by atoms with Crippen LogP contribution in [-0.4, -0.2) is 9.55 Å². The van der Waals surface area contributed by atoms with E-state index < -0.39 is 5.54 Å². The Morgan fingerprint density at radius 2 is 2.06 bits per heavy atom. The molecular weight excluding hydrogens is 229 g/mol. The average Bonchev–Trinajstić information content (AvgIpc) is 2.76. The molecule has 4 heteroatoms. The molecule has 18 heavy (non-hydrogen) atoms. The highest BCUT2D eigenvalue weighted by atomic mass is 19.1. The molecule has 0 fully saturated rings. The first-order valence-electron chi connectivity index (χ1n) is 6.01. The molecule has 2 aromatic rings. The molecule has 0 unspecified atom stereocenters. The lowest BCUT2D eigenvalue weighted by atomic mass is 10.0. The third-order valence-corrected chi connectivity index (χ3v) is 2.95. The lowest BCUT2D eigenvalue weighted by molar-refractivity contribution is 0.489. The van der Waals surface area contributed by atoms with Gasteiger partial charge in [-0.1, -0.05) is 18.2 Å². The number of nitrogens with two attached hydrogens (primary N) is 1. The molecule has 2 rings (SSSR count). The average molecular weight is 247 g/mol. The van der Waals surface area contributed by atoms with Crippen molar-refractivity contribution >= 4 is 0 Å². The van der Waals surface area contributed by atoms with E-state index >= 15 is 0 Å². The van der Waals surface area contributed by atoms with Crippen molar-refractivity contribution in [3.8, 4) is 0 Å². The summed E-state index contributed by atoms with van der Waals surface area (Å²) in [4.78, 5) is 4.11. The topological polar surface area (TPSA) is 43.8 Å². The maximum Gasteiger partial charge on any atom is 0.126 e. The van der Waals surface area contributed by atoms with Gasteiger partial charge in [-0.05, 0) is 31.9 Å². The summed E-state index contributed by atoms with van der Waals surface area (Å²) in [5, 5.41) is 0. The fourth-order valence-electron chi connectivity index (χ4n) is 1.98. The first-order chi connectivity index (χ1) is 8.48. The van der Waals surface area contributed by atoms with Gasteiger partial charge in [0.25, 0.3) is 0 Å². The van der Waals surface area contributed by atoms with Gasteiger partial charge in [0.15, 0.2) is 0 Å². The monoisotopic (exact) mass is 247 g/mol.